The van der Waals surface area contributed by atoms with Crippen LogP contribution in [0, 0.1) is 11.7 Å². The summed E-state index contributed by atoms with van der Waals surface area (Å²) in [5.74, 6) is 0.526. The Morgan fingerprint density at radius 2 is 2.20 bits per heavy atom. The van der Waals surface area contributed by atoms with E-state index in [9.17, 15) is 9.18 Å². The molecule has 3 nitrogen and oxygen atoms in total. The number of amides is 1. The number of hydrogen-bond donors (Lipinski definition) is 2. The molecule has 1 aliphatic rings. The van der Waals surface area contributed by atoms with Crippen LogP contribution in [-0.4, -0.2) is 25.5 Å². The second-order valence-electron chi connectivity index (χ2n) is 5.71. The lowest BCUT2D eigenvalue weighted by atomic mass is 10.2. The fourth-order valence-electron chi connectivity index (χ4n) is 2.49. The second-order valence-corrected chi connectivity index (χ2v) is 5.71. The molecule has 110 valence electrons. The van der Waals surface area contributed by atoms with Crippen molar-refractivity contribution >= 4 is 11.6 Å². The molecule has 2 N–H and O–H groups in total. The first-order valence-electron chi connectivity index (χ1n) is 7.56. The smallest absolute Gasteiger partial charge is 0.230 e. The first kappa shape index (κ1) is 15.0. The second kappa shape index (κ2) is 7.39. The number of carbonyl (C=O) groups is 1. The van der Waals surface area contributed by atoms with Gasteiger partial charge in [0.25, 0.3) is 0 Å². The highest BCUT2D eigenvalue weighted by Gasteiger charge is 2.26. The highest BCUT2D eigenvalue weighted by molar-refractivity contribution is 5.90. The van der Waals surface area contributed by atoms with Gasteiger partial charge in [-0.2, -0.15) is 0 Å². The molecule has 1 atom stereocenters. The monoisotopic (exact) mass is 279 g/mol. The van der Waals surface area contributed by atoms with E-state index in [2.05, 4.69) is 12.2 Å². The van der Waals surface area contributed by atoms with Gasteiger partial charge < -0.3 is 10.2 Å². The first-order chi connectivity index (χ1) is 9.67. The zero-order valence-electron chi connectivity index (χ0n) is 12.1. The van der Waals surface area contributed by atoms with Gasteiger partial charge in [0.15, 0.2) is 0 Å². The van der Waals surface area contributed by atoms with Crippen LogP contribution in [0.1, 0.15) is 32.6 Å². The maximum absolute atomic E-state index is 13.0. The van der Waals surface area contributed by atoms with Crippen molar-refractivity contribution in [3.05, 3.63) is 30.1 Å². The van der Waals surface area contributed by atoms with Gasteiger partial charge in [0.05, 0.1) is 26.1 Å². The molecule has 0 aliphatic heterocycles. The van der Waals surface area contributed by atoms with Crippen LogP contribution in [0.2, 0.25) is 0 Å². The normalized spacial score (nSPS) is 15.9. The highest BCUT2D eigenvalue weighted by Crippen LogP contribution is 2.26. The Morgan fingerprint density at radius 1 is 1.40 bits per heavy atom. The molecule has 1 aromatic rings. The minimum Gasteiger partial charge on any atom is -0.334 e. The van der Waals surface area contributed by atoms with Gasteiger partial charge >= 0.3 is 0 Å². The van der Waals surface area contributed by atoms with Crippen molar-refractivity contribution in [2.45, 2.75) is 32.6 Å². The van der Waals surface area contributed by atoms with E-state index in [0.717, 1.165) is 25.4 Å². The van der Waals surface area contributed by atoms with Crippen molar-refractivity contribution in [3.63, 3.8) is 0 Å². The van der Waals surface area contributed by atoms with E-state index >= 15 is 0 Å². The third kappa shape index (κ3) is 5.29. The van der Waals surface area contributed by atoms with E-state index in [1.807, 2.05) is 0 Å². The van der Waals surface area contributed by atoms with Gasteiger partial charge in [-0.3, -0.25) is 4.79 Å². The topological polar surface area (TPSA) is 33.5 Å². The van der Waals surface area contributed by atoms with Gasteiger partial charge in [0.2, 0.25) is 5.91 Å². The fraction of sp³-hybridized carbons (Fsp3) is 0.562. The van der Waals surface area contributed by atoms with Gasteiger partial charge in [0, 0.05) is 11.6 Å². The van der Waals surface area contributed by atoms with Crippen molar-refractivity contribution in [1.82, 2.24) is 0 Å². The minimum absolute atomic E-state index is 0.0278. The van der Waals surface area contributed by atoms with Gasteiger partial charge in [-0.15, -0.1) is 0 Å². The highest BCUT2D eigenvalue weighted by atomic mass is 19.1. The van der Waals surface area contributed by atoms with Gasteiger partial charge in [0.1, 0.15) is 5.82 Å². The Balaban J connectivity index is 1.75. The first-order valence-corrected chi connectivity index (χ1v) is 7.56. The number of benzene rings is 1. The van der Waals surface area contributed by atoms with Gasteiger partial charge in [-0.25, -0.2) is 4.39 Å². The summed E-state index contributed by atoms with van der Waals surface area (Å²) in [5.41, 5.74) is 0.536. The van der Waals surface area contributed by atoms with E-state index < -0.39 is 0 Å². The number of anilines is 1. The Morgan fingerprint density at radius 3 is 2.85 bits per heavy atom. The van der Waals surface area contributed by atoms with Crippen LogP contribution in [0.5, 0.6) is 0 Å². The molecule has 1 amide bonds. The van der Waals surface area contributed by atoms with Crippen molar-refractivity contribution in [3.8, 4) is 0 Å². The molecule has 1 saturated carbocycles. The lowest BCUT2D eigenvalue weighted by molar-refractivity contribution is -0.901. The van der Waals surface area contributed by atoms with Crippen LogP contribution in [0.3, 0.4) is 0 Å². The Kier molecular flexibility index (Phi) is 5.53. The molecule has 0 spiro atoms. The van der Waals surface area contributed by atoms with Crippen LogP contribution in [0.25, 0.3) is 0 Å². The molecule has 1 aliphatic carbocycles. The molecule has 0 heterocycles. The zero-order chi connectivity index (χ0) is 14.4. The molecule has 0 bridgehead atoms. The summed E-state index contributed by atoms with van der Waals surface area (Å²) < 4.78 is 13.0. The van der Waals surface area contributed by atoms with Crippen LogP contribution < -0.4 is 10.2 Å². The summed E-state index contributed by atoms with van der Waals surface area (Å²) in [7, 11) is 0. The number of quaternary nitrogens is 1. The minimum atomic E-state index is -0.324. The van der Waals surface area contributed by atoms with Gasteiger partial charge in [-0.1, -0.05) is 13.0 Å². The van der Waals surface area contributed by atoms with Crippen LogP contribution in [-0.2, 0) is 4.79 Å². The largest absolute Gasteiger partial charge is 0.334 e. The summed E-state index contributed by atoms with van der Waals surface area (Å²) in [5, 5.41) is 2.76. The number of hydrogen-bond acceptors (Lipinski definition) is 1. The maximum Gasteiger partial charge on any atom is 0.230 e. The Bertz CT molecular complexity index is 446. The zero-order valence-corrected chi connectivity index (χ0v) is 12.1. The number of carbonyl (C=O) groups excluding carboxylic acids is 1. The third-order valence-electron chi connectivity index (χ3n) is 3.69. The predicted molar refractivity (Wildman–Crippen MR) is 78.2 cm³/mol. The van der Waals surface area contributed by atoms with Crippen molar-refractivity contribution in [2.75, 3.05) is 25.0 Å². The third-order valence-corrected chi connectivity index (χ3v) is 3.69. The molecular formula is C16H24FN2O+. The maximum atomic E-state index is 13.0. The molecule has 20 heavy (non-hydrogen) atoms. The van der Waals surface area contributed by atoms with Gasteiger partial charge in [-0.05, 0) is 37.5 Å². The molecule has 0 aromatic heterocycles. The van der Waals surface area contributed by atoms with E-state index in [-0.39, 0.29) is 11.7 Å². The fourth-order valence-corrected chi connectivity index (χ4v) is 2.49. The number of nitrogens with one attached hydrogen (secondary N) is 2. The molecule has 0 radical (unpaired) electrons. The van der Waals surface area contributed by atoms with E-state index in [4.69, 9.17) is 0 Å². The predicted octanol–water partition coefficient (Wildman–Crippen LogP) is 1.86. The van der Waals surface area contributed by atoms with E-state index in [0.29, 0.717) is 12.1 Å². The van der Waals surface area contributed by atoms with Crippen molar-refractivity contribution < 1.29 is 14.1 Å². The molecule has 1 aromatic carbocycles. The Labute approximate surface area is 120 Å². The lowest BCUT2D eigenvalue weighted by Crippen LogP contribution is -3.12. The number of halogens is 1. The molecule has 0 saturated heterocycles. The lowest BCUT2D eigenvalue weighted by Gasteiger charge is -2.18. The quantitative estimate of drug-likeness (QED) is 0.748. The average Bonchev–Trinajstić information content (AvgIpc) is 3.20. The van der Waals surface area contributed by atoms with Crippen molar-refractivity contribution in [2.24, 2.45) is 5.92 Å². The van der Waals surface area contributed by atoms with Crippen LogP contribution in [0.15, 0.2) is 24.3 Å². The SMILES string of the molecule is CCC[NH+](CCC(=O)Nc1cccc(F)c1)CC1CC1. The molecule has 1 unspecified atom stereocenters. The summed E-state index contributed by atoms with van der Waals surface area (Å²) in [6.07, 6.45) is 4.34. The molecule has 4 heteroatoms. The molecule has 1 fully saturated rings. The summed E-state index contributed by atoms with van der Waals surface area (Å²) in [6, 6.07) is 6.03. The standard InChI is InChI=1S/C16H23FN2O/c1-2-9-19(12-13-6-7-13)10-8-16(20)18-15-5-3-4-14(17)11-15/h3-5,11,13H,2,6-10,12H2,1H3,(H,18,20)/p+1. The summed E-state index contributed by atoms with van der Waals surface area (Å²) in [6.45, 7) is 5.37. The number of rotatable bonds is 8. The van der Waals surface area contributed by atoms with E-state index in [1.54, 1.807) is 12.1 Å². The summed E-state index contributed by atoms with van der Waals surface area (Å²) >= 11 is 0. The average molecular weight is 279 g/mol. The summed E-state index contributed by atoms with van der Waals surface area (Å²) in [4.78, 5) is 13.4. The molecular weight excluding hydrogens is 255 g/mol. The van der Waals surface area contributed by atoms with E-state index in [1.165, 1.54) is 36.4 Å². The van der Waals surface area contributed by atoms with Crippen LogP contribution >= 0.6 is 0 Å². The Hall–Kier alpha value is -1.42. The molecule has 2 rings (SSSR count). The van der Waals surface area contributed by atoms with Crippen LogP contribution in [0.4, 0.5) is 10.1 Å². The van der Waals surface area contributed by atoms with Crippen molar-refractivity contribution in [1.29, 1.82) is 0 Å².